The van der Waals surface area contributed by atoms with Crippen molar-refractivity contribution in [3.05, 3.63) is 18.0 Å². The number of nitrogens with one attached hydrogen (secondary N) is 1. The minimum Gasteiger partial charge on any atom is -0.311 e. The van der Waals surface area contributed by atoms with E-state index < -0.39 is 0 Å². The molecule has 1 saturated carbocycles. The molecule has 4 heteroatoms. The van der Waals surface area contributed by atoms with Gasteiger partial charge >= 0.3 is 0 Å². The van der Waals surface area contributed by atoms with Gasteiger partial charge in [-0.25, -0.2) is 0 Å². The summed E-state index contributed by atoms with van der Waals surface area (Å²) < 4.78 is 2.21. The lowest BCUT2D eigenvalue weighted by molar-refractivity contribution is 0.187. The fourth-order valence-electron chi connectivity index (χ4n) is 3.37. The van der Waals surface area contributed by atoms with Crippen molar-refractivity contribution in [3.8, 4) is 0 Å². The standard InChI is InChI=1S/C15H26N4/c1-2-13-11-18(10-8-16-13)12-14-7-9-19(17-14)15-5-3-4-6-15/h7,9,13,15-16H,2-6,8,10-12H2,1H3. The van der Waals surface area contributed by atoms with Crippen molar-refractivity contribution in [3.63, 3.8) is 0 Å². The van der Waals surface area contributed by atoms with Gasteiger partial charge in [0, 0.05) is 38.4 Å². The Morgan fingerprint density at radius 2 is 2.21 bits per heavy atom. The molecule has 0 bridgehead atoms. The van der Waals surface area contributed by atoms with E-state index in [4.69, 9.17) is 5.10 Å². The molecule has 19 heavy (non-hydrogen) atoms. The summed E-state index contributed by atoms with van der Waals surface area (Å²) in [5.41, 5.74) is 1.24. The first kappa shape index (κ1) is 13.1. The first-order chi connectivity index (χ1) is 9.35. The van der Waals surface area contributed by atoms with Crippen molar-refractivity contribution in [1.82, 2.24) is 20.0 Å². The largest absolute Gasteiger partial charge is 0.311 e. The van der Waals surface area contributed by atoms with Crippen LogP contribution >= 0.6 is 0 Å². The lowest BCUT2D eigenvalue weighted by Gasteiger charge is -2.32. The molecule has 1 unspecified atom stereocenters. The van der Waals surface area contributed by atoms with E-state index in [-0.39, 0.29) is 0 Å². The molecular formula is C15H26N4. The molecule has 1 aromatic heterocycles. The van der Waals surface area contributed by atoms with Crippen molar-refractivity contribution in [2.45, 2.75) is 57.7 Å². The van der Waals surface area contributed by atoms with Gasteiger partial charge in [-0.15, -0.1) is 0 Å². The molecule has 3 rings (SSSR count). The Balaban J connectivity index is 1.57. The van der Waals surface area contributed by atoms with Gasteiger partial charge in [0.1, 0.15) is 0 Å². The highest BCUT2D eigenvalue weighted by Gasteiger charge is 2.20. The topological polar surface area (TPSA) is 33.1 Å². The first-order valence-corrected chi connectivity index (χ1v) is 7.85. The molecule has 0 spiro atoms. The van der Waals surface area contributed by atoms with Crippen LogP contribution in [0.2, 0.25) is 0 Å². The van der Waals surface area contributed by atoms with Gasteiger partial charge in [0.15, 0.2) is 0 Å². The molecule has 2 heterocycles. The summed E-state index contributed by atoms with van der Waals surface area (Å²) in [6, 6.07) is 3.53. The van der Waals surface area contributed by atoms with Crippen molar-refractivity contribution in [2.75, 3.05) is 19.6 Å². The third-order valence-corrected chi connectivity index (χ3v) is 4.58. The maximum atomic E-state index is 4.79. The average molecular weight is 262 g/mol. The van der Waals surface area contributed by atoms with E-state index in [1.807, 2.05) is 0 Å². The van der Waals surface area contributed by atoms with Gasteiger partial charge in [-0.05, 0) is 25.3 Å². The molecule has 0 aromatic carbocycles. The fourth-order valence-corrected chi connectivity index (χ4v) is 3.37. The Bertz CT molecular complexity index is 395. The molecule has 0 radical (unpaired) electrons. The fraction of sp³-hybridized carbons (Fsp3) is 0.800. The maximum absolute atomic E-state index is 4.79. The highest BCUT2D eigenvalue weighted by atomic mass is 15.3. The molecule has 2 aliphatic rings. The van der Waals surface area contributed by atoms with Gasteiger partial charge in [-0.1, -0.05) is 19.8 Å². The predicted octanol–water partition coefficient (Wildman–Crippen LogP) is 2.18. The monoisotopic (exact) mass is 262 g/mol. The van der Waals surface area contributed by atoms with Crippen LogP contribution < -0.4 is 5.32 Å². The maximum Gasteiger partial charge on any atom is 0.0764 e. The average Bonchev–Trinajstić information content (AvgIpc) is 3.09. The van der Waals surface area contributed by atoms with Gasteiger partial charge in [0.05, 0.1) is 11.7 Å². The molecule has 4 nitrogen and oxygen atoms in total. The molecule has 1 aromatic rings. The number of piperazine rings is 1. The summed E-state index contributed by atoms with van der Waals surface area (Å²) in [6.45, 7) is 6.69. The van der Waals surface area contributed by atoms with E-state index in [0.717, 1.165) is 26.2 Å². The van der Waals surface area contributed by atoms with Gasteiger partial charge in [-0.3, -0.25) is 9.58 Å². The van der Waals surface area contributed by atoms with E-state index in [1.54, 1.807) is 0 Å². The van der Waals surface area contributed by atoms with Gasteiger partial charge in [0.25, 0.3) is 0 Å². The van der Waals surface area contributed by atoms with Crippen molar-refractivity contribution >= 4 is 0 Å². The Morgan fingerprint density at radius 1 is 1.37 bits per heavy atom. The van der Waals surface area contributed by atoms with E-state index in [1.165, 1.54) is 37.8 Å². The number of hydrogen-bond acceptors (Lipinski definition) is 3. The number of hydrogen-bond donors (Lipinski definition) is 1. The van der Waals surface area contributed by atoms with Crippen LogP contribution in [-0.2, 0) is 6.54 Å². The van der Waals surface area contributed by atoms with E-state index in [9.17, 15) is 0 Å². The molecule has 0 amide bonds. The summed E-state index contributed by atoms with van der Waals surface area (Å²) in [6.07, 6.45) is 8.77. The summed E-state index contributed by atoms with van der Waals surface area (Å²) in [7, 11) is 0. The molecule has 1 aliphatic heterocycles. The Hall–Kier alpha value is -0.870. The van der Waals surface area contributed by atoms with Crippen LogP contribution in [0.3, 0.4) is 0 Å². The summed E-state index contributed by atoms with van der Waals surface area (Å²) >= 11 is 0. The van der Waals surface area contributed by atoms with Crippen LogP contribution in [-0.4, -0.2) is 40.4 Å². The molecule has 2 fully saturated rings. The Kier molecular flexibility index (Phi) is 4.18. The minimum absolute atomic E-state index is 0.658. The highest BCUT2D eigenvalue weighted by molar-refractivity contribution is 5.01. The first-order valence-electron chi connectivity index (χ1n) is 7.85. The quantitative estimate of drug-likeness (QED) is 0.903. The number of rotatable bonds is 4. The second kappa shape index (κ2) is 6.06. The van der Waals surface area contributed by atoms with Gasteiger partial charge in [0.2, 0.25) is 0 Å². The third-order valence-electron chi connectivity index (χ3n) is 4.58. The zero-order valence-electron chi connectivity index (χ0n) is 12.0. The zero-order chi connectivity index (χ0) is 13.1. The smallest absolute Gasteiger partial charge is 0.0764 e. The van der Waals surface area contributed by atoms with E-state index >= 15 is 0 Å². The Labute approximate surface area is 116 Å². The van der Waals surface area contributed by atoms with Crippen LogP contribution in [0.1, 0.15) is 50.8 Å². The lowest BCUT2D eigenvalue weighted by Crippen LogP contribution is -2.49. The van der Waals surface area contributed by atoms with Crippen LogP contribution in [0, 0.1) is 0 Å². The van der Waals surface area contributed by atoms with Gasteiger partial charge in [-0.2, -0.15) is 5.10 Å². The summed E-state index contributed by atoms with van der Waals surface area (Å²) in [5.74, 6) is 0. The van der Waals surface area contributed by atoms with Crippen LogP contribution in [0.4, 0.5) is 0 Å². The molecule has 1 saturated heterocycles. The predicted molar refractivity (Wildman–Crippen MR) is 77.1 cm³/mol. The Morgan fingerprint density at radius 3 is 3.00 bits per heavy atom. The molecule has 1 aliphatic carbocycles. The number of aromatic nitrogens is 2. The summed E-state index contributed by atoms with van der Waals surface area (Å²) in [4.78, 5) is 2.53. The highest BCUT2D eigenvalue weighted by Crippen LogP contribution is 2.28. The SMILES string of the molecule is CCC1CN(Cc2ccn(C3CCCC3)n2)CCN1. The van der Waals surface area contributed by atoms with Crippen LogP contribution in [0.5, 0.6) is 0 Å². The van der Waals surface area contributed by atoms with Crippen LogP contribution in [0.15, 0.2) is 12.3 Å². The molecule has 1 atom stereocenters. The number of nitrogens with zero attached hydrogens (tertiary/aromatic N) is 3. The molecule has 106 valence electrons. The summed E-state index contributed by atoms with van der Waals surface area (Å²) in [5, 5.41) is 8.36. The second-order valence-corrected chi connectivity index (χ2v) is 6.02. The lowest BCUT2D eigenvalue weighted by atomic mass is 10.1. The van der Waals surface area contributed by atoms with Crippen molar-refractivity contribution in [2.24, 2.45) is 0 Å². The zero-order valence-corrected chi connectivity index (χ0v) is 12.0. The molecule has 1 N–H and O–H groups in total. The minimum atomic E-state index is 0.658. The van der Waals surface area contributed by atoms with Gasteiger partial charge < -0.3 is 5.32 Å². The van der Waals surface area contributed by atoms with E-state index in [2.05, 4.69) is 34.1 Å². The van der Waals surface area contributed by atoms with Crippen molar-refractivity contribution in [1.29, 1.82) is 0 Å². The normalized spacial score (nSPS) is 26.1. The second-order valence-electron chi connectivity index (χ2n) is 6.02. The van der Waals surface area contributed by atoms with E-state index in [0.29, 0.717) is 12.1 Å². The van der Waals surface area contributed by atoms with Crippen LogP contribution in [0.25, 0.3) is 0 Å². The third kappa shape index (κ3) is 3.18. The van der Waals surface area contributed by atoms with Crippen molar-refractivity contribution < 1.29 is 0 Å². The molecular weight excluding hydrogens is 236 g/mol.